The van der Waals surface area contributed by atoms with Crippen molar-refractivity contribution in [3.8, 4) is 0 Å². The van der Waals surface area contributed by atoms with Gasteiger partial charge in [0.05, 0.1) is 0 Å². The van der Waals surface area contributed by atoms with Gasteiger partial charge < -0.3 is 26.6 Å². The Morgan fingerprint density at radius 3 is 0.575 bits per heavy atom. The summed E-state index contributed by atoms with van der Waals surface area (Å²) in [6.07, 6.45) is 1.82. The van der Waals surface area contributed by atoms with Crippen molar-refractivity contribution in [1.29, 1.82) is 0 Å². The van der Waals surface area contributed by atoms with Crippen molar-refractivity contribution in [2.45, 2.75) is 132 Å². The van der Waals surface area contributed by atoms with Crippen molar-refractivity contribution in [2.75, 3.05) is 0 Å². The zero-order valence-corrected chi connectivity index (χ0v) is 26.4. The van der Waals surface area contributed by atoms with Gasteiger partial charge in [-0.05, 0) is 61.7 Å². The van der Waals surface area contributed by atoms with E-state index in [1.165, 1.54) is 0 Å². The molecular weight excluding hydrogens is 510 g/mol. The van der Waals surface area contributed by atoms with Crippen LogP contribution in [0.3, 0.4) is 0 Å². The van der Waals surface area contributed by atoms with E-state index in [0.29, 0.717) is 32.1 Å². The Hall–Kier alpha value is -2.65. The van der Waals surface area contributed by atoms with Gasteiger partial charge in [-0.1, -0.05) is 69.2 Å². The van der Waals surface area contributed by atoms with Gasteiger partial charge in [0.2, 0.25) is 29.5 Å². The molecule has 1 aliphatic heterocycles. The molecule has 0 aromatic rings. The standard InChI is InChI=1S/C30H55N5O5/c1-16(2)11-21-26(36)32-23(13-18(5)6)28(38)34-25(15-20(9)10)30(40)35-24(14-19(7)8)29(39)33-22(12-17(3)4)27(37)31-21/h16-25H,11-15H2,1-10H3,(H,31,37)(H,32,36)(H,33,39)(H,34,38)(H,35,40)/t21-,22-,23-,24-,25-/m0/s1. The summed E-state index contributed by atoms with van der Waals surface area (Å²) in [5.74, 6) is -1.89. The van der Waals surface area contributed by atoms with E-state index in [4.69, 9.17) is 0 Å². The Morgan fingerprint density at radius 2 is 0.475 bits per heavy atom. The molecule has 0 bridgehead atoms. The average Bonchev–Trinajstić information content (AvgIpc) is 2.79. The van der Waals surface area contributed by atoms with E-state index in [2.05, 4.69) is 26.6 Å². The highest BCUT2D eigenvalue weighted by Gasteiger charge is 2.35. The maximum Gasteiger partial charge on any atom is 0.243 e. The molecule has 10 nitrogen and oxygen atoms in total. The molecule has 10 heteroatoms. The Kier molecular flexibility index (Phi) is 14.7. The minimum absolute atomic E-state index is 0.0846. The van der Waals surface area contributed by atoms with E-state index in [1.54, 1.807) is 0 Å². The lowest BCUT2D eigenvalue weighted by Crippen LogP contribution is -2.58. The van der Waals surface area contributed by atoms with Crippen LogP contribution in [0, 0.1) is 29.6 Å². The Morgan fingerprint density at radius 1 is 0.350 bits per heavy atom. The Balaban J connectivity index is 3.61. The molecule has 0 aromatic carbocycles. The number of carbonyl (C=O) groups is 5. The van der Waals surface area contributed by atoms with Crippen LogP contribution in [0.25, 0.3) is 0 Å². The first-order valence-corrected chi connectivity index (χ1v) is 15.0. The van der Waals surface area contributed by atoms with Crippen LogP contribution in [0.2, 0.25) is 0 Å². The van der Waals surface area contributed by atoms with Crippen molar-refractivity contribution in [3.05, 3.63) is 0 Å². The summed E-state index contributed by atoms with van der Waals surface area (Å²) >= 11 is 0. The van der Waals surface area contributed by atoms with Gasteiger partial charge in [0.15, 0.2) is 0 Å². The van der Waals surface area contributed by atoms with Crippen LogP contribution in [0.15, 0.2) is 0 Å². The molecule has 5 N–H and O–H groups in total. The molecule has 5 amide bonds. The molecule has 1 aliphatic rings. The van der Waals surface area contributed by atoms with Gasteiger partial charge in [-0.3, -0.25) is 24.0 Å². The summed E-state index contributed by atoms with van der Waals surface area (Å²) < 4.78 is 0. The monoisotopic (exact) mass is 565 g/mol. The number of hydrogen-bond donors (Lipinski definition) is 5. The first-order chi connectivity index (χ1) is 18.5. The topological polar surface area (TPSA) is 146 Å². The fraction of sp³-hybridized carbons (Fsp3) is 0.833. The van der Waals surface area contributed by atoms with E-state index in [1.807, 2.05) is 69.2 Å². The molecule has 0 radical (unpaired) electrons. The third-order valence-electron chi connectivity index (χ3n) is 6.70. The van der Waals surface area contributed by atoms with E-state index >= 15 is 0 Å². The van der Waals surface area contributed by atoms with Gasteiger partial charge in [-0.25, -0.2) is 0 Å². The van der Waals surface area contributed by atoms with Crippen molar-refractivity contribution < 1.29 is 24.0 Å². The highest BCUT2D eigenvalue weighted by atomic mass is 16.2. The highest BCUT2D eigenvalue weighted by molar-refractivity contribution is 5.97. The SMILES string of the molecule is CC(C)C[C@@H]1NC(=O)[C@H](CC(C)C)NC(=O)[C@H](CC(C)C)NC(=O)[C@H](CC(C)C)NC(=O)[C@H](CC(C)C)NC1=O. The molecule has 0 aliphatic carbocycles. The van der Waals surface area contributed by atoms with E-state index in [9.17, 15) is 24.0 Å². The molecule has 0 saturated carbocycles. The lowest BCUT2D eigenvalue weighted by molar-refractivity contribution is -0.134. The van der Waals surface area contributed by atoms with Crippen LogP contribution in [-0.4, -0.2) is 59.7 Å². The second kappa shape index (κ2) is 16.6. The highest BCUT2D eigenvalue weighted by Crippen LogP contribution is 2.14. The first-order valence-electron chi connectivity index (χ1n) is 15.0. The second-order valence-corrected chi connectivity index (χ2v) is 13.5. The smallest absolute Gasteiger partial charge is 0.243 e. The number of hydrogen-bond acceptors (Lipinski definition) is 5. The minimum atomic E-state index is -0.885. The zero-order chi connectivity index (χ0) is 30.7. The summed E-state index contributed by atoms with van der Waals surface area (Å²) in [4.78, 5) is 67.4. The third kappa shape index (κ3) is 12.7. The van der Waals surface area contributed by atoms with E-state index in [0.717, 1.165) is 0 Å². The molecule has 230 valence electrons. The summed E-state index contributed by atoms with van der Waals surface area (Å²) in [5, 5.41) is 14.2. The lowest BCUT2D eigenvalue weighted by atomic mass is 9.98. The van der Waals surface area contributed by atoms with Gasteiger partial charge in [0.1, 0.15) is 30.2 Å². The van der Waals surface area contributed by atoms with Crippen molar-refractivity contribution in [2.24, 2.45) is 29.6 Å². The molecule has 40 heavy (non-hydrogen) atoms. The summed E-state index contributed by atoms with van der Waals surface area (Å²) in [6, 6.07) is -4.42. The fourth-order valence-corrected chi connectivity index (χ4v) is 4.88. The van der Waals surface area contributed by atoms with Crippen LogP contribution < -0.4 is 26.6 Å². The molecular formula is C30H55N5O5. The van der Waals surface area contributed by atoms with Crippen LogP contribution in [0.5, 0.6) is 0 Å². The van der Waals surface area contributed by atoms with Gasteiger partial charge >= 0.3 is 0 Å². The quantitative estimate of drug-likeness (QED) is 0.277. The molecule has 5 atom stereocenters. The van der Waals surface area contributed by atoms with E-state index < -0.39 is 59.7 Å². The fourth-order valence-electron chi connectivity index (χ4n) is 4.88. The molecule has 1 fully saturated rings. The number of carbonyl (C=O) groups excluding carboxylic acids is 5. The van der Waals surface area contributed by atoms with Crippen LogP contribution >= 0.6 is 0 Å². The summed E-state index contributed by atoms with van der Waals surface area (Å²) in [6.45, 7) is 19.5. The first kappa shape index (κ1) is 35.4. The van der Waals surface area contributed by atoms with Crippen molar-refractivity contribution in [1.82, 2.24) is 26.6 Å². The van der Waals surface area contributed by atoms with Crippen LogP contribution in [0.4, 0.5) is 0 Å². The number of amides is 5. The molecule has 0 spiro atoms. The average molecular weight is 566 g/mol. The maximum absolute atomic E-state index is 13.5. The molecule has 1 rings (SSSR count). The minimum Gasteiger partial charge on any atom is -0.343 e. The zero-order valence-electron chi connectivity index (χ0n) is 26.4. The summed E-state index contributed by atoms with van der Waals surface area (Å²) in [5.41, 5.74) is 0. The van der Waals surface area contributed by atoms with E-state index in [-0.39, 0.29) is 29.6 Å². The van der Waals surface area contributed by atoms with Gasteiger partial charge in [0, 0.05) is 0 Å². The summed E-state index contributed by atoms with van der Waals surface area (Å²) in [7, 11) is 0. The normalized spacial score (nSPS) is 25.9. The van der Waals surface area contributed by atoms with Crippen LogP contribution in [-0.2, 0) is 24.0 Å². The Labute approximate surface area is 241 Å². The maximum atomic E-state index is 13.5. The van der Waals surface area contributed by atoms with Gasteiger partial charge in [-0.15, -0.1) is 0 Å². The Bertz CT molecular complexity index is 708. The third-order valence-corrected chi connectivity index (χ3v) is 6.70. The number of rotatable bonds is 10. The lowest BCUT2D eigenvalue weighted by Gasteiger charge is -2.27. The molecule has 0 unspecified atom stereocenters. The predicted molar refractivity (Wildman–Crippen MR) is 157 cm³/mol. The van der Waals surface area contributed by atoms with Crippen LogP contribution in [0.1, 0.15) is 101 Å². The molecule has 1 heterocycles. The van der Waals surface area contributed by atoms with Gasteiger partial charge in [-0.2, -0.15) is 0 Å². The molecule has 1 saturated heterocycles. The van der Waals surface area contributed by atoms with Crippen molar-refractivity contribution in [3.63, 3.8) is 0 Å². The van der Waals surface area contributed by atoms with Gasteiger partial charge in [0.25, 0.3) is 0 Å². The largest absolute Gasteiger partial charge is 0.343 e. The molecule has 0 aromatic heterocycles. The second-order valence-electron chi connectivity index (χ2n) is 13.5. The predicted octanol–water partition coefficient (Wildman–Crippen LogP) is 2.65. The van der Waals surface area contributed by atoms with Crippen molar-refractivity contribution >= 4 is 29.5 Å². The number of nitrogens with one attached hydrogen (secondary N) is 5.